The predicted octanol–water partition coefficient (Wildman–Crippen LogP) is 7.55. The van der Waals surface area contributed by atoms with E-state index in [1.54, 1.807) is 31.2 Å². The van der Waals surface area contributed by atoms with Crippen LogP contribution in [0, 0.1) is 0 Å². The third-order valence-electron chi connectivity index (χ3n) is 4.97. The van der Waals surface area contributed by atoms with E-state index in [1.807, 2.05) is 9.47 Å². The molecule has 3 aromatic rings. The summed E-state index contributed by atoms with van der Waals surface area (Å²) in [5.74, 6) is 0.590. The van der Waals surface area contributed by atoms with Crippen LogP contribution in [-0.4, -0.2) is 28.4 Å². The normalized spacial score (nSPS) is 14.5. The zero-order chi connectivity index (χ0) is 22.3. The molecule has 4 rings (SSSR count). The van der Waals surface area contributed by atoms with Gasteiger partial charge < -0.3 is 14.3 Å². The molecule has 0 fully saturated rings. The van der Waals surface area contributed by atoms with Gasteiger partial charge in [-0.15, -0.1) is 0 Å². The Morgan fingerprint density at radius 3 is 2.48 bits per heavy atom. The van der Waals surface area contributed by atoms with Crippen molar-refractivity contribution in [2.45, 2.75) is 32.9 Å². The Bertz CT molecular complexity index is 1160. The largest absolute Gasteiger partial charge is 0.407 e. The molecule has 0 bridgehead atoms. The minimum absolute atomic E-state index is 0.365. The molecule has 11 heteroatoms. The molecule has 31 heavy (non-hydrogen) atoms. The second kappa shape index (κ2) is 8.98. The summed E-state index contributed by atoms with van der Waals surface area (Å²) in [6.45, 7) is 0.0702. The van der Waals surface area contributed by atoms with Crippen molar-refractivity contribution in [2.24, 2.45) is 5.16 Å². The number of hydrogen-bond acceptors (Lipinski definition) is 4. The minimum Gasteiger partial charge on any atom is -0.325 e. The van der Waals surface area contributed by atoms with Gasteiger partial charge in [-0.05, 0) is 37.1 Å². The van der Waals surface area contributed by atoms with Gasteiger partial charge in [-0.1, -0.05) is 58.5 Å². The number of anilines is 2. The number of nitrogens with zero attached hydrogens (tertiary/aromatic N) is 4. The van der Waals surface area contributed by atoms with E-state index in [0.717, 1.165) is 6.42 Å². The van der Waals surface area contributed by atoms with Crippen LogP contribution in [0.3, 0.4) is 0 Å². The highest BCUT2D eigenvalue weighted by Crippen LogP contribution is 2.43. The van der Waals surface area contributed by atoms with Crippen LogP contribution in [0.25, 0.3) is 11.0 Å². The van der Waals surface area contributed by atoms with Gasteiger partial charge in [0.2, 0.25) is 5.95 Å². The molecule has 1 aromatic heterocycles. The van der Waals surface area contributed by atoms with Crippen LogP contribution in [0.1, 0.15) is 25.3 Å². The Labute approximate surface area is 197 Å². The molecule has 0 saturated carbocycles. The van der Waals surface area contributed by atoms with Crippen LogP contribution in [0.15, 0.2) is 29.4 Å². The van der Waals surface area contributed by atoms with Crippen LogP contribution >= 0.6 is 46.4 Å². The molecule has 0 radical (unpaired) electrons. The molecule has 0 amide bonds. The number of halogens is 6. The molecule has 2 heterocycles. The van der Waals surface area contributed by atoms with Crippen molar-refractivity contribution >= 4 is 74.8 Å². The van der Waals surface area contributed by atoms with E-state index in [-0.39, 0.29) is 0 Å². The maximum atomic E-state index is 12.6. The van der Waals surface area contributed by atoms with E-state index in [1.165, 1.54) is 0 Å². The van der Waals surface area contributed by atoms with Crippen molar-refractivity contribution in [2.75, 3.05) is 11.4 Å². The number of alkyl halides is 2. The quantitative estimate of drug-likeness (QED) is 0.264. The van der Waals surface area contributed by atoms with Crippen molar-refractivity contribution in [3.8, 4) is 0 Å². The van der Waals surface area contributed by atoms with E-state index in [9.17, 15) is 8.78 Å². The van der Waals surface area contributed by atoms with Crippen LogP contribution < -0.4 is 4.90 Å². The number of oxime groups is 1. The van der Waals surface area contributed by atoms with E-state index >= 15 is 0 Å². The molecule has 5 nitrogen and oxygen atoms in total. The third kappa shape index (κ3) is 4.16. The fourth-order valence-electron chi connectivity index (χ4n) is 3.74. The first kappa shape index (κ1) is 22.4. The summed E-state index contributed by atoms with van der Waals surface area (Å²) in [4.78, 5) is 10.9. The molecular weight excluding hydrogens is 492 g/mol. The van der Waals surface area contributed by atoms with Gasteiger partial charge in [0.05, 0.1) is 32.0 Å². The average molecular weight is 508 g/mol. The molecular formula is C20H16Cl4F2N4O. The summed E-state index contributed by atoms with van der Waals surface area (Å²) in [5, 5.41) is 5.29. The van der Waals surface area contributed by atoms with Gasteiger partial charge in [-0.2, -0.15) is 8.78 Å². The fourth-order valence-corrected chi connectivity index (χ4v) is 4.96. The summed E-state index contributed by atoms with van der Waals surface area (Å²) in [6, 6.07) is 6.64. The maximum absolute atomic E-state index is 12.6. The van der Waals surface area contributed by atoms with Crippen LogP contribution in [0.5, 0.6) is 0 Å². The number of aryl methyl sites for hydroxylation is 1. The Balaban J connectivity index is 1.93. The first-order valence-electron chi connectivity index (χ1n) is 9.43. The van der Waals surface area contributed by atoms with Gasteiger partial charge in [-0.3, -0.25) is 0 Å². The van der Waals surface area contributed by atoms with Crippen LogP contribution in [0.4, 0.5) is 20.4 Å². The molecule has 0 saturated heterocycles. The van der Waals surface area contributed by atoms with Crippen molar-refractivity contribution in [1.82, 2.24) is 9.55 Å². The summed E-state index contributed by atoms with van der Waals surface area (Å²) >= 11 is 25.4. The number of aromatic nitrogens is 2. The Hall–Kier alpha value is -1.80. The van der Waals surface area contributed by atoms with Gasteiger partial charge in [0.15, 0.2) is 0 Å². The molecule has 1 aliphatic rings. The summed E-state index contributed by atoms with van der Waals surface area (Å²) in [6.07, 6.45) is 1.15. The highest BCUT2D eigenvalue weighted by molar-refractivity contribution is 6.42. The maximum Gasteiger partial charge on any atom is 0.407 e. The van der Waals surface area contributed by atoms with Gasteiger partial charge in [0, 0.05) is 23.7 Å². The minimum atomic E-state index is -3.01. The monoisotopic (exact) mass is 506 g/mol. The first-order chi connectivity index (χ1) is 14.8. The lowest BCUT2D eigenvalue weighted by Gasteiger charge is -2.30. The Kier molecular flexibility index (Phi) is 6.49. The third-order valence-corrected chi connectivity index (χ3v) is 6.07. The van der Waals surface area contributed by atoms with Crippen LogP contribution in [-0.2, 0) is 11.4 Å². The van der Waals surface area contributed by atoms with Crippen molar-refractivity contribution < 1.29 is 13.6 Å². The van der Waals surface area contributed by atoms with E-state index in [4.69, 9.17) is 51.4 Å². The van der Waals surface area contributed by atoms with Gasteiger partial charge in [0.1, 0.15) is 5.52 Å². The van der Waals surface area contributed by atoms with Crippen molar-refractivity contribution in [3.63, 3.8) is 0 Å². The zero-order valence-corrected chi connectivity index (χ0v) is 19.2. The number of rotatable bonds is 5. The number of benzene rings is 2. The summed E-state index contributed by atoms with van der Waals surface area (Å²) in [5.41, 5.74) is 2.79. The van der Waals surface area contributed by atoms with Gasteiger partial charge in [0.25, 0.3) is 0 Å². The number of hydrogen-bond donors (Lipinski definition) is 0. The van der Waals surface area contributed by atoms with E-state index < -0.39 is 6.61 Å². The van der Waals surface area contributed by atoms with E-state index in [0.29, 0.717) is 73.5 Å². The lowest BCUT2D eigenvalue weighted by Crippen LogP contribution is -2.28. The first-order valence-corrected chi connectivity index (χ1v) is 10.9. The summed E-state index contributed by atoms with van der Waals surface area (Å²) < 4.78 is 27.1. The van der Waals surface area contributed by atoms with E-state index in [2.05, 4.69) is 9.99 Å². The number of fused-ring (bicyclic) bond motifs is 3. The standard InChI is InChI=1S/C20H16Cl4F2N4O/c1-2-15(28-31-19(25)26)11-4-5-12(22)16-17(11)29-6-3-7-30(20(29)27-16)18-13(23)8-10(21)9-14(18)24/h4-5,8-9,19H,2-3,6-7H2,1H3. The molecule has 0 N–H and O–H groups in total. The molecule has 0 atom stereocenters. The Morgan fingerprint density at radius 2 is 1.84 bits per heavy atom. The van der Waals surface area contributed by atoms with Crippen LogP contribution in [0.2, 0.25) is 20.1 Å². The molecule has 1 aliphatic heterocycles. The fraction of sp³-hybridized carbons (Fsp3) is 0.300. The molecule has 0 aliphatic carbocycles. The summed E-state index contributed by atoms with van der Waals surface area (Å²) in [7, 11) is 0. The zero-order valence-electron chi connectivity index (χ0n) is 16.2. The highest BCUT2D eigenvalue weighted by atomic mass is 35.5. The predicted molar refractivity (Wildman–Crippen MR) is 122 cm³/mol. The SMILES string of the molecule is CCC(=NOC(F)F)c1ccc(Cl)c2nc3n(c12)CCCN3c1c(Cl)cc(Cl)cc1Cl. The molecule has 2 aromatic carbocycles. The Morgan fingerprint density at radius 1 is 1.13 bits per heavy atom. The highest BCUT2D eigenvalue weighted by Gasteiger charge is 2.28. The molecule has 0 unspecified atom stereocenters. The number of imidazole rings is 1. The molecule has 164 valence electrons. The lowest BCUT2D eigenvalue weighted by molar-refractivity contribution is -0.128. The van der Waals surface area contributed by atoms with Crippen molar-refractivity contribution in [3.05, 3.63) is 49.9 Å². The molecule has 0 spiro atoms. The smallest absolute Gasteiger partial charge is 0.325 e. The second-order valence-electron chi connectivity index (χ2n) is 6.84. The average Bonchev–Trinajstić information content (AvgIpc) is 3.10. The van der Waals surface area contributed by atoms with Gasteiger partial charge in [-0.25, -0.2) is 4.98 Å². The van der Waals surface area contributed by atoms with Crippen molar-refractivity contribution in [1.29, 1.82) is 0 Å². The lowest BCUT2D eigenvalue weighted by atomic mass is 10.1. The van der Waals surface area contributed by atoms with Gasteiger partial charge >= 0.3 is 6.61 Å². The topological polar surface area (TPSA) is 42.7 Å². The second-order valence-corrected chi connectivity index (χ2v) is 8.49.